The van der Waals surface area contributed by atoms with Crippen molar-refractivity contribution in [3.05, 3.63) is 40.7 Å². The molecule has 2 heterocycles. The standard InChI is InChI=1S/C13H8ClN5O/c1-7-11(12-10(6-15)17-19-18-12)16-13(20-7)8-3-2-4-9(14)5-8/h2-5H,1H3,(H,17,18,19). The van der Waals surface area contributed by atoms with Crippen LogP contribution in [0.15, 0.2) is 28.7 Å². The molecule has 7 heteroatoms. The fourth-order valence-electron chi connectivity index (χ4n) is 1.84. The number of oxazole rings is 1. The molecule has 6 nitrogen and oxygen atoms in total. The van der Waals surface area contributed by atoms with Gasteiger partial charge < -0.3 is 4.42 Å². The Kier molecular flexibility index (Phi) is 2.97. The molecular formula is C13H8ClN5O. The molecule has 1 aromatic carbocycles. The van der Waals surface area contributed by atoms with Crippen LogP contribution in [-0.4, -0.2) is 20.4 Å². The number of H-pyrrole nitrogens is 1. The molecule has 0 radical (unpaired) electrons. The van der Waals surface area contributed by atoms with Crippen molar-refractivity contribution >= 4 is 11.6 Å². The summed E-state index contributed by atoms with van der Waals surface area (Å²) in [6.07, 6.45) is 0. The molecule has 0 saturated carbocycles. The van der Waals surface area contributed by atoms with Crippen molar-refractivity contribution in [1.29, 1.82) is 5.26 Å². The third-order valence-corrected chi connectivity index (χ3v) is 2.98. The molecule has 0 atom stereocenters. The molecule has 3 aromatic rings. The molecule has 1 N–H and O–H groups in total. The fraction of sp³-hybridized carbons (Fsp3) is 0.0769. The highest BCUT2D eigenvalue weighted by Crippen LogP contribution is 2.29. The molecule has 0 saturated heterocycles. The topological polar surface area (TPSA) is 91.4 Å². The summed E-state index contributed by atoms with van der Waals surface area (Å²) in [6.45, 7) is 1.76. The Morgan fingerprint density at radius 2 is 2.15 bits per heavy atom. The number of benzene rings is 1. The zero-order valence-corrected chi connectivity index (χ0v) is 11.1. The molecule has 20 heavy (non-hydrogen) atoms. The van der Waals surface area contributed by atoms with Crippen molar-refractivity contribution in [3.63, 3.8) is 0 Å². The van der Waals surface area contributed by atoms with Gasteiger partial charge in [0.05, 0.1) is 0 Å². The van der Waals surface area contributed by atoms with Crippen molar-refractivity contribution in [2.75, 3.05) is 0 Å². The van der Waals surface area contributed by atoms with Gasteiger partial charge in [-0.1, -0.05) is 17.7 Å². The van der Waals surface area contributed by atoms with Crippen LogP contribution >= 0.6 is 11.6 Å². The van der Waals surface area contributed by atoms with Crippen LogP contribution in [0.3, 0.4) is 0 Å². The monoisotopic (exact) mass is 285 g/mol. The lowest BCUT2D eigenvalue weighted by molar-refractivity contribution is 0.543. The van der Waals surface area contributed by atoms with Gasteiger partial charge in [0.1, 0.15) is 17.5 Å². The summed E-state index contributed by atoms with van der Waals surface area (Å²) in [5.41, 5.74) is 1.81. The van der Waals surface area contributed by atoms with Gasteiger partial charge in [0, 0.05) is 10.6 Å². The van der Waals surface area contributed by atoms with E-state index in [1.54, 1.807) is 19.1 Å². The van der Waals surface area contributed by atoms with Crippen molar-refractivity contribution in [2.24, 2.45) is 0 Å². The molecular weight excluding hydrogens is 278 g/mol. The van der Waals surface area contributed by atoms with E-state index in [1.807, 2.05) is 18.2 Å². The molecule has 0 amide bonds. The summed E-state index contributed by atoms with van der Waals surface area (Å²) >= 11 is 5.95. The minimum atomic E-state index is 0.180. The Morgan fingerprint density at radius 3 is 2.90 bits per heavy atom. The molecule has 3 rings (SSSR count). The Morgan fingerprint density at radius 1 is 1.30 bits per heavy atom. The lowest BCUT2D eigenvalue weighted by Gasteiger charge is -1.94. The molecule has 98 valence electrons. The SMILES string of the molecule is Cc1oc(-c2cccc(Cl)c2)nc1-c1n[nH]nc1C#N. The van der Waals surface area contributed by atoms with E-state index in [1.165, 1.54) is 0 Å². The number of aryl methyl sites for hydroxylation is 1. The number of rotatable bonds is 2. The molecule has 2 aromatic heterocycles. The quantitative estimate of drug-likeness (QED) is 0.781. The molecule has 0 fully saturated rings. The van der Waals surface area contributed by atoms with Gasteiger partial charge in [-0.05, 0) is 25.1 Å². The van der Waals surface area contributed by atoms with Crippen LogP contribution in [0.2, 0.25) is 5.02 Å². The van der Waals surface area contributed by atoms with E-state index < -0.39 is 0 Å². The summed E-state index contributed by atoms with van der Waals surface area (Å²) < 4.78 is 5.62. The lowest BCUT2D eigenvalue weighted by Crippen LogP contribution is -1.85. The highest BCUT2D eigenvalue weighted by molar-refractivity contribution is 6.30. The average Bonchev–Trinajstić information content (AvgIpc) is 3.04. The van der Waals surface area contributed by atoms with Crippen molar-refractivity contribution in [3.8, 4) is 28.9 Å². The first-order valence-electron chi connectivity index (χ1n) is 5.73. The predicted molar refractivity (Wildman–Crippen MR) is 71.8 cm³/mol. The first-order valence-corrected chi connectivity index (χ1v) is 6.11. The summed E-state index contributed by atoms with van der Waals surface area (Å²) in [4.78, 5) is 4.37. The number of hydrogen-bond donors (Lipinski definition) is 1. The minimum absolute atomic E-state index is 0.180. The van der Waals surface area contributed by atoms with Crippen LogP contribution < -0.4 is 0 Å². The van der Waals surface area contributed by atoms with Crippen LogP contribution in [-0.2, 0) is 0 Å². The number of nitriles is 1. The molecule has 0 unspecified atom stereocenters. The number of aromatic nitrogens is 4. The van der Waals surface area contributed by atoms with Crippen molar-refractivity contribution < 1.29 is 4.42 Å². The fourth-order valence-corrected chi connectivity index (χ4v) is 2.03. The van der Waals surface area contributed by atoms with Crippen molar-refractivity contribution in [1.82, 2.24) is 20.4 Å². The number of nitrogens with one attached hydrogen (secondary N) is 1. The van der Waals surface area contributed by atoms with Gasteiger partial charge in [-0.25, -0.2) is 4.98 Å². The molecule has 0 aliphatic carbocycles. The average molecular weight is 286 g/mol. The number of aromatic amines is 1. The van der Waals surface area contributed by atoms with Gasteiger partial charge in [-0.2, -0.15) is 15.6 Å². The Bertz CT molecular complexity index is 814. The summed E-state index contributed by atoms with van der Waals surface area (Å²) in [7, 11) is 0. The van der Waals surface area contributed by atoms with E-state index in [0.717, 1.165) is 5.56 Å². The summed E-state index contributed by atoms with van der Waals surface area (Å²) in [5, 5.41) is 19.7. The second kappa shape index (κ2) is 4.79. The van der Waals surface area contributed by atoms with Gasteiger partial charge >= 0.3 is 0 Å². The molecule has 0 aliphatic heterocycles. The first kappa shape index (κ1) is 12.4. The van der Waals surface area contributed by atoms with E-state index in [2.05, 4.69) is 20.4 Å². The van der Waals surface area contributed by atoms with E-state index in [4.69, 9.17) is 21.3 Å². The summed E-state index contributed by atoms with van der Waals surface area (Å²) in [5.74, 6) is 0.984. The second-order valence-electron chi connectivity index (χ2n) is 4.07. The Labute approximate surface area is 119 Å². The van der Waals surface area contributed by atoms with Crippen LogP contribution in [0.25, 0.3) is 22.8 Å². The lowest BCUT2D eigenvalue weighted by atomic mass is 10.2. The zero-order valence-electron chi connectivity index (χ0n) is 10.4. The van der Waals surface area contributed by atoms with Gasteiger partial charge in [0.2, 0.25) is 5.89 Å². The number of hydrogen-bond acceptors (Lipinski definition) is 5. The van der Waals surface area contributed by atoms with Gasteiger partial charge in [-0.3, -0.25) is 0 Å². The highest BCUT2D eigenvalue weighted by atomic mass is 35.5. The predicted octanol–water partition coefficient (Wildman–Crippen LogP) is 2.96. The third-order valence-electron chi connectivity index (χ3n) is 2.75. The van der Waals surface area contributed by atoms with Gasteiger partial charge in [0.25, 0.3) is 0 Å². The maximum atomic E-state index is 8.97. The van der Waals surface area contributed by atoms with Crippen LogP contribution in [0, 0.1) is 18.3 Å². The molecule has 0 aliphatic rings. The maximum Gasteiger partial charge on any atom is 0.226 e. The van der Waals surface area contributed by atoms with Crippen LogP contribution in [0.4, 0.5) is 0 Å². The summed E-state index contributed by atoms with van der Waals surface area (Å²) in [6, 6.07) is 9.13. The minimum Gasteiger partial charge on any atom is -0.441 e. The number of halogens is 1. The third kappa shape index (κ3) is 2.04. The van der Waals surface area contributed by atoms with Crippen LogP contribution in [0.5, 0.6) is 0 Å². The Hall–Kier alpha value is -2.65. The largest absolute Gasteiger partial charge is 0.441 e. The van der Waals surface area contributed by atoms with E-state index in [0.29, 0.717) is 28.1 Å². The van der Waals surface area contributed by atoms with Crippen molar-refractivity contribution in [2.45, 2.75) is 6.92 Å². The van der Waals surface area contributed by atoms with Gasteiger partial charge in [-0.15, -0.1) is 5.10 Å². The van der Waals surface area contributed by atoms with Crippen LogP contribution in [0.1, 0.15) is 11.5 Å². The van der Waals surface area contributed by atoms with E-state index in [-0.39, 0.29) is 5.69 Å². The van der Waals surface area contributed by atoms with Gasteiger partial charge in [0.15, 0.2) is 11.4 Å². The smallest absolute Gasteiger partial charge is 0.226 e. The molecule has 0 spiro atoms. The first-order chi connectivity index (χ1) is 9.69. The maximum absolute atomic E-state index is 8.97. The molecule has 0 bridgehead atoms. The zero-order chi connectivity index (χ0) is 14.1. The second-order valence-corrected chi connectivity index (χ2v) is 4.50. The Balaban J connectivity index is 2.11. The van der Waals surface area contributed by atoms with E-state index in [9.17, 15) is 0 Å². The normalized spacial score (nSPS) is 10.4. The highest BCUT2D eigenvalue weighted by Gasteiger charge is 2.19. The van der Waals surface area contributed by atoms with E-state index >= 15 is 0 Å². The number of nitrogens with zero attached hydrogens (tertiary/aromatic N) is 4.